The van der Waals surface area contributed by atoms with Gasteiger partial charge in [0.05, 0.1) is 17.3 Å². The lowest BCUT2D eigenvalue weighted by Crippen LogP contribution is -2.39. The molecule has 0 radical (unpaired) electrons. The first-order chi connectivity index (χ1) is 13.4. The maximum atomic E-state index is 13.3. The van der Waals surface area contributed by atoms with Gasteiger partial charge in [-0.3, -0.25) is 14.7 Å². The average molecular weight is 379 g/mol. The molecule has 28 heavy (non-hydrogen) atoms. The van der Waals surface area contributed by atoms with Gasteiger partial charge in [0.2, 0.25) is 0 Å². The van der Waals surface area contributed by atoms with Gasteiger partial charge in [-0.25, -0.2) is 9.50 Å². The molecular weight excluding hydrogens is 354 g/mol. The summed E-state index contributed by atoms with van der Waals surface area (Å²) in [7, 11) is 0. The fourth-order valence-corrected chi connectivity index (χ4v) is 3.92. The lowest BCUT2D eigenvalue weighted by molar-refractivity contribution is 0.0606. The third-order valence-electron chi connectivity index (χ3n) is 5.67. The second-order valence-corrected chi connectivity index (χ2v) is 7.63. The van der Waals surface area contributed by atoms with Gasteiger partial charge < -0.3 is 10.6 Å². The Kier molecular flexibility index (Phi) is 4.45. The van der Waals surface area contributed by atoms with Gasteiger partial charge in [0.25, 0.3) is 11.5 Å². The van der Waals surface area contributed by atoms with E-state index < -0.39 is 0 Å². The standard InChI is InChI=1S/C21H25N5O2/c1-12-7-8-16(22)15(10-12)21(28)25-9-5-4-6-18(25)17-11-19-23-14(3)13(2)20(27)26(19)24-17/h7-8,10-11,18,24H,4-6,9,22H2,1-3H3. The summed E-state index contributed by atoms with van der Waals surface area (Å²) in [5.74, 6) is -0.0720. The quantitative estimate of drug-likeness (QED) is 0.669. The van der Waals surface area contributed by atoms with Crippen LogP contribution < -0.4 is 11.3 Å². The van der Waals surface area contributed by atoms with Gasteiger partial charge in [-0.15, -0.1) is 0 Å². The molecule has 1 atom stereocenters. The molecule has 146 valence electrons. The smallest absolute Gasteiger partial charge is 0.275 e. The number of aromatic amines is 1. The molecule has 2 aromatic heterocycles. The predicted octanol–water partition coefficient (Wildman–Crippen LogP) is 2.90. The number of likely N-dealkylation sites (tertiary alicyclic amines) is 1. The number of piperidine rings is 1. The number of fused-ring (bicyclic) bond motifs is 1. The molecule has 3 aromatic rings. The molecule has 3 N–H and O–H groups in total. The minimum atomic E-state index is -0.136. The first-order valence-electron chi connectivity index (χ1n) is 9.63. The summed E-state index contributed by atoms with van der Waals surface area (Å²) < 4.78 is 1.47. The van der Waals surface area contributed by atoms with Gasteiger partial charge in [0.15, 0.2) is 5.65 Å². The Bertz CT molecular complexity index is 1130. The topological polar surface area (TPSA) is 96.5 Å². The van der Waals surface area contributed by atoms with E-state index in [1.54, 1.807) is 13.0 Å². The first-order valence-corrected chi connectivity index (χ1v) is 9.63. The fourth-order valence-electron chi connectivity index (χ4n) is 3.92. The number of aryl methyl sites for hydroxylation is 2. The van der Waals surface area contributed by atoms with Crippen LogP contribution in [0.4, 0.5) is 5.69 Å². The van der Waals surface area contributed by atoms with Crippen LogP contribution in [-0.2, 0) is 0 Å². The van der Waals surface area contributed by atoms with Gasteiger partial charge in [-0.2, -0.15) is 0 Å². The second-order valence-electron chi connectivity index (χ2n) is 7.63. The molecule has 1 aromatic carbocycles. The van der Waals surface area contributed by atoms with Crippen LogP contribution in [-0.4, -0.2) is 31.9 Å². The molecule has 7 heteroatoms. The molecule has 1 fully saturated rings. The second kappa shape index (κ2) is 6.82. The lowest BCUT2D eigenvalue weighted by atomic mass is 9.97. The summed E-state index contributed by atoms with van der Waals surface area (Å²) in [4.78, 5) is 32.2. The fraction of sp³-hybridized carbons (Fsp3) is 0.381. The van der Waals surface area contributed by atoms with Crippen LogP contribution in [0.15, 0.2) is 29.1 Å². The van der Waals surface area contributed by atoms with E-state index in [4.69, 9.17) is 5.73 Å². The lowest BCUT2D eigenvalue weighted by Gasteiger charge is -2.35. The highest BCUT2D eigenvalue weighted by atomic mass is 16.2. The summed E-state index contributed by atoms with van der Waals surface area (Å²) in [6.07, 6.45) is 2.80. The van der Waals surface area contributed by atoms with E-state index in [2.05, 4.69) is 10.1 Å². The van der Waals surface area contributed by atoms with Crippen molar-refractivity contribution in [2.75, 3.05) is 12.3 Å². The number of anilines is 1. The largest absolute Gasteiger partial charge is 0.398 e. The van der Waals surface area contributed by atoms with Crippen LogP contribution in [0.5, 0.6) is 0 Å². The molecule has 1 amide bonds. The number of nitrogens with one attached hydrogen (secondary N) is 1. The van der Waals surface area contributed by atoms with Crippen molar-refractivity contribution < 1.29 is 4.79 Å². The van der Waals surface area contributed by atoms with E-state index in [1.165, 1.54) is 4.52 Å². The van der Waals surface area contributed by atoms with Crippen molar-refractivity contribution in [3.8, 4) is 0 Å². The number of nitrogens with zero attached hydrogens (tertiary/aromatic N) is 3. The van der Waals surface area contributed by atoms with E-state index >= 15 is 0 Å². The summed E-state index contributed by atoms with van der Waals surface area (Å²) in [6.45, 7) is 6.21. The highest BCUT2D eigenvalue weighted by molar-refractivity contribution is 5.99. The Balaban J connectivity index is 1.76. The van der Waals surface area contributed by atoms with Crippen molar-refractivity contribution in [2.24, 2.45) is 0 Å². The van der Waals surface area contributed by atoms with E-state index in [9.17, 15) is 9.59 Å². The molecule has 0 spiro atoms. The third kappa shape index (κ3) is 2.96. The van der Waals surface area contributed by atoms with Crippen LogP contribution in [0.25, 0.3) is 5.65 Å². The van der Waals surface area contributed by atoms with Gasteiger partial charge in [-0.1, -0.05) is 11.6 Å². The monoisotopic (exact) mass is 379 g/mol. The summed E-state index contributed by atoms with van der Waals surface area (Å²) in [6, 6.07) is 7.26. The third-order valence-corrected chi connectivity index (χ3v) is 5.67. The summed E-state index contributed by atoms with van der Waals surface area (Å²) in [5, 5.41) is 3.18. The minimum absolute atomic E-state index is 0.0720. The Hall–Kier alpha value is -3.09. The highest BCUT2D eigenvalue weighted by Gasteiger charge is 2.31. The molecule has 3 heterocycles. The zero-order valence-electron chi connectivity index (χ0n) is 16.5. The zero-order valence-corrected chi connectivity index (χ0v) is 16.5. The van der Waals surface area contributed by atoms with Crippen molar-refractivity contribution in [3.63, 3.8) is 0 Å². The zero-order chi connectivity index (χ0) is 20.0. The van der Waals surface area contributed by atoms with Crippen LogP contribution in [0, 0.1) is 20.8 Å². The van der Waals surface area contributed by atoms with Crippen LogP contribution in [0.3, 0.4) is 0 Å². The molecule has 0 saturated carbocycles. The maximum absolute atomic E-state index is 13.3. The number of hydrogen-bond donors (Lipinski definition) is 2. The summed E-state index contributed by atoms with van der Waals surface area (Å²) in [5.41, 5.74) is 10.7. The Morgan fingerprint density at radius 3 is 2.79 bits per heavy atom. The SMILES string of the molecule is Cc1ccc(N)c(C(=O)N2CCCCC2c2cc3nc(C)c(C)c(=O)n3[nH]2)c1. The van der Waals surface area contributed by atoms with Crippen molar-refractivity contribution >= 4 is 17.2 Å². The number of rotatable bonds is 2. The number of H-pyrrole nitrogens is 1. The molecule has 1 aliphatic heterocycles. The molecule has 1 saturated heterocycles. The number of benzene rings is 1. The van der Waals surface area contributed by atoms with Crippen molar-refractivity contribution in [2.45, 2.75) is 46.1 Å². The number of nitrogen functional groups attached to an aromatic ring is 1. The number of amides is 1. The Morgan fingerprint density at radius 2 is 2.00 bits per heavy atom. The van der Waals surface area contributed by atoms with Crippen LogP contribution in [0.1, 0.15) is 58.2 Å². The minimum Gasteiger partial charge on any atom is -0.398 e. The Labute approximate surface area is 163 Å². The molecule has 7 nitrogen and oxygen atoms in total. The highest BCUT2D eigenvalue weighted by Crippen LogP contribution is 2.32. The number of carbonyl (C=O) groups is 1. The molecule has 0 aliphatic carbocycles. The number of aromatic nitrogens is 3. The van der Waals surface area contributed by atoms with E-state index in [-0.39, 0.29) is 17.5 Å². The molecule has 0 bridgehead atoms. The van der Waals surface area contributed by atoms with Gasteiger partial charge >= 0.3 is 0 Å². The predicted molar refractivity (Wildman–Crippen MR) is 109 cm³/mol. The van der Waals surface area contributed by atoms with Gasteiger partial charge in [0, 0.05) is 29.6 Å². The van der Waals surface area contributed by atoms with Crippen molar-refractivity contribution in [3.05, 3.63) is 62.7 Å². The van der Waals surface area contributed by atoms with Gasteiger partial charge in [-0.05, 0) is 52.2 Å². The van der Waals surface area contributed by atoms with Crippen LogP contribution in [0.2, 0.25) is 0 Å². The van der Waals surface area contributed by atoms with Crippen molar-refractivity contribution in [1.82, 2.24) is 19.5 Å². The maximum Gasteiger partial charge on any atom is 0.275 e. The number of nitrogens with two attached hydrogens (primary N) is 1. The molecule has 4 rings (SSSR count). The normalized spacial score (nSPS) is 17.2. The number of carbonyl (C=O) groups excluding carboxylic acids is 1. The average Bonchev–Trinajstić information content (AvgIpc) is 3.11. The van der Waals surface area contributed by atoms with Crippen LogP contribution >= 0.6 is 0 Å². The molecule has 1 unspecified atom stereocenters. The number of hydrogen-bond acceptors (Lipinski definition) is 4. The van der Waals surface area contributed by atoms with E-state index in [1.807, 2.05) is 36.9 Å². The molecule has 1 aliphatic rings. The van der Waals surface area contributed by atoms with E-state index in [0.29, 0.717) is 29.0 Å². The Morgan fingerprint density at radius 1 is 1.21 bits per heavy atom. The summed E-state index contributed by atoms with van der Waals surface area (Å²) >= 11 is 0. The first kappa shape index (κ1) is 18.3. The van der Waals surface area contributed by atoms with Crippen molar-refractivity contribution in [1.29, 1.82) is 0 Å². The molecular formula is C21H25N5O2. The van der Waals surface area contributed by atoms with E-state index in [0.717, 1.165) is 36.2 Å². The van der Waals surface area contributed by atoms with Gasteiger partial charge in [0.1, 0.15) is 0 Å².